The van der Waals surface area contributed by atoms with Crippen molar-refractivity contribution in [2.24, 2.45) is 18.4 Å². The van der Waals surface area contributed by atoms with E-state index in [1.165, 1.54) is 29.1 Å². The third-order valence-corrected chi connectivity index (χ3v) is 13.7. The van der Waals surface area contributed by atoms with Crippen molar-refractivity contribution < 1.29 is 35.7 Å². The molecule has 1 unspecified atom stereocenters. The number of aliphatic carboxylic acids is 1. The van der Waals surface area contributed by atoms with Gasteiger partial charge in [-0.3, -0.25) is 4.79 Å². The van der Waals surface area contributed by atoms with Crippen LogP contribution in [0.2, 0.25) is 0 Å². The van der Waals surface area contributed by atoms with Crippen molar-refractivity contribution in [1.82, 2.24) is 19.7 Å². The molecule has 2 N–H and O–H groups in total. The molecule has 4 bridgehead atoms. The van der Waals surface area contributed by atoms with Gasteiger partial charge in [-0.15, -0.1) is 0 Å². The van der Waals surface area contributed by atoms with Crippen LogP contribution in [0.15, 0.2) is 64.5 Å². The molecule has 9 nitrogen and oxygen atoms in total. The van der Waals surface area contributed by atoms with Gasteiger partial charge in [0.1, 0.15) is 5.82 Å². The normalized spacial score (nSPS) is 21.2. The molecule has 3 atom stereocenters. The Morgan fingerprint density at radius 1 is 1.08 bits per heavy atom. The number of sulfone groups is 1. The number of hydrogen-bond acceptors (Lipinski definition) is 6. The van der Waals surface area contributed by atoms with Crippen LogP contribution in [0.4, 0.5) is 13.2 Å². The van der Waals surface area contributed by atoms with Gasteiger partial charge in [0.05, 0.1) is 49.6 Å². The summed E-state index contributed by atoms with van der Waals surface area (Å²) in [5.74, 6) is -4.97. The number of nitrogens with one attached hydrogen (secondary N) is 1. The van der Waals surface area contributed by atoms with E-state index in [9.17, 15) is 22.5 Å². The van der Waals surface area contributed by atoms with Crippen molar-refractivity contribution in [1.29, 1.82) is 0 Å². The third-order valence-electron chi connectivity index (χ3n) is 10.1. The summed E-state index contributed by atoms with van der Waals surface area (Å²) < 4.78 is 89.9. The summed E-state index contributed by atoms with van der Waals surface area (Å²) in [6.45, 7) is 7.31. The minimum Gasteiger partial charge on any atom is -0.481 e. The molecule has 5 aromatic rings. The Bertz CT molecular complexity index is 2340. The van der Waals surface area contributed by atoms with Crippen LogP contribution in [0.5, 0.6) is 0 Å². The highest BCUT2D eigenvalue weighted by Crippen LogP contribution is 2.40. The Kier molecular flexibility index (Phi) is 10.0. The molecule has 1 aliphatic rings. The van der Waals surface area contributed by atoms with E-state index in [2.05, 4.69) is 4.98 Å². The molecule has 0 saturated heterocycles. The second-order valence-electron chi connectivity index (χ2n) is 14.8. The number of aryl methyl sites for hydroxylation is 2. The fourth-order valence-corrected chi connectivity index (χ4v) is 10.6. The zero-order valence-electron chi connectivity index (χ0n) is 29.6. The molecular weight excluding hydrogens is 714 g/mol. The summed E-state index contributed by atoms with van der Waals surface area (Å²) in [7, 11) is -4.56. The number of halogens is 3. The maximum Gasteiger partial charge on any atom is 0.306 e. The standard InChI is InChI=1S/C38H41F3N4O5S2/c1-22(35(46)47)18-23-8-6-9-24(19-23)38(4)15-7-14-37(2,3)21-52(49,50)17-13-27-26-12-16-42-32(26)30(40)31(41)33(27)51(48)25-10-11-29(39)28(20-25)34-43-36(38)44-45(34)5/h6,8-12,16,19-20,22,42H,7,13-15,17-18,21H2,1-5H3,(H,46,47)/t22-,38+,51?/m0/s1. The van der Waals surface area contributed by atoms with Crippen molar-refractivity contribution in [3.63, 3.8) is 0 Å². The lowest BCUT2D eigenvalue weighted by molar-refractivity contribution is -0.141. The maximum atomic E-state index is 15.9. The number of rotatable bonds is 4. The summed E-state index contributed by atoms with van der Waals surface area (Å²) in [5, 5.41) is 14.5. The van der Waals surface area contributed by atoms with Crippen LogP contribution in [0.1, 0.15) is 69.5 Å². The highest BCUT2D eigenvalue weighted by Gasteiger charge is 2.37. The molecule has 0 radical (unpaired) electrons. The van der Waals surface area contributed by atoms with Crippen molar-refractivity contribution in [3.8, 4) is 11.4 Å². The average Bonchev–Trinajstić information content (AvgIpc) is 3.72. The van der Waals surface area contributed by atoms with Crippen LogP contribution < -0.4 is 0 Å². The molecule has 0 spiro atoms. The van der Waals surface area contributed by atoms with E-state index in [1.807, 2.05) is 45.0 Å². The van der Waals surface area contributed by atoms with Crippen LogP contribution >= 0.6 is 0 Å². The van der Waals surface area contributed by atoms with E-state index in [1.54, 1.807) is 14.0 Å². The minimum atomic E-state index is -3.76. The Morgan fingerprint density at radius 3 is 2.56 bits per heavy atom. The fraction of sp³-hybridized carbons (Fsp3) is 0.395. The Labute approximate surface area is 303 Å². The molecule has 3 aromatic carbocycles. The smallest absolute Gasteiger partial charge is 0.306 e. The lowest BCUT2D eigenvalue weighted by Crippen LogP contribution is -2.29. The fourth-order valence-electron chi connectivity index (χ4n) is 7.26. The van der Waals surface area contributed by atoms with Crippen LogP contribution in [0.25, 0.3) is 22.3 Å². The first-order chi connectivity index (χ1) is 24.4. The van der Waals surface area contributed by atoms with Gasteiger partial charge in [0.2, 0.25) is 0 Å². The first-order valence-corrected chi connectivity index (χ1v) is 20.0. The number of nitrogens with zero attached hydrogens (tertiary/aromatic N) is 3. The first kappa shape index (κ1) is 37.5. The Hall–Kier alpha value is -4.30. The van der Waals surface area contributed by atoms with E-state index < -0.39 is 71.5 Å². The van der Waals surface area contributed by atoms with E-state index in [0.29, 0.717) is 31.5 Å². The van der Waals surface area contributed by atoms with Crippen LogP contribution in [-0.2, 0) is 50.7 Å². The number of carboxylic acids is 1. The molecule has 14 heteroatoms. The molecule has 276 valence electrons. The van der Waals surface area contributed by atoms with Crippen molar-refractivity contribution in [2.75, 3.05) is 11.5 Å². The minimum absolute atomic E-state index is 0.0384. The number of carboxylic acid groups (broad SMARTS) is 1. The molecule has 3 heterocycles. The highest BCUT2D eigenvalue weighted by molar-refractivity contribution is 7.91. The number of H-pyrrole nitrogens is 1. The number of carbonyl (C=O) groups is 1. The highest BCUT2D eigenvalue weighted by atomic mass is 32.2. The molecule has 0 fully saturated rings. The largest absolute Gasteiger partial charge is 0.481 e. The number of aromatic nitrogens is 4. The van der Waals surface area contributed by atoms with Crippen LogP contribution in [0.3, 0.4) is 0 Å². The van der Waals surface area contributed by atoms with Gasteiger partial charge in [0.15, 0.2) is 33.1 Å². The van der Waals surface area contributed by atoms with Gasteiger partial charge in [-0.1, -0.05) is 51.5 Å². The summed E-state index contributed by atoms with van der Waals surface area (Å²) in [5.41, 5.74) is -0.0810. The number of aromatic amines is 1. The van der Waals surface area contributed by atoms with E-state index >= 15 is 13.2 Å². The Balaban J connectivity index is 1.54. The lowest BCUT2D eigenvalue weighted by Gasteiger charge is -2.31. The van der Waals surface area contributed by atoms with E-state index in [0.717, 1.165) is 17.2 Å². The van der Waals surface area contributed by atoms with Gasteiger partial charge in [-0.2, -0.15) is 5.10 Å². The van der Waals surface area contributed by atoms with Gasteiger partial charge in [0.25, 0.3) is 0 Å². The molecule has 0 amide bonds. The molecule has 2 aromatic heterocycles. The quantitative estimate of drug-likeness (QED) is 0.197. The summed E-state index contributed by atoms with van der Waals surface area (Å²) >= 11 is 0. The molecular formula is C38H41F3N4O5S2. The van der Waals surface area contributed by atoms with Crippen molar-refractivity contribution >= 4 is 37.5 Å². The zero-order valence-corrected chi connectivity index (χ0v) is 31.2. The van der Waals surface area contributed by atoms with Crippen LogP contribution in [-0.4, -0.2) is 55.0 Å². The number of fused-ring (bicyclic) bond motifs is 8. The van der Waals surface area contributed by atoms with Crippen LogP contribution in [0, 0.1) is 28.8 Å². The summed E-state index contributed by atoms with van der Waals surface area (Å²) in [6, 6.07) is 12.6. The summed E-state index contributed by atoms with van der Waals surface area (Å²) in [4.78, 5) is 18.6. The molecule has 0 saturated carbocycles. The lowest BCUT2D eigenvalue weighted by atomic mass is 9.75. The molecule has 6 rings (SSSR count). The van der Waals surface area contributed by atoms with Crippen molar-refractivity contribution in [3.05, 3.63) is 94.7 Å². The Morgan fingerprint density at radius 2 is 1.83 bits per heavy atom. The predicted octanol–water partition coefficient (Wildman–Crippen LogP) is 7.28. The van der Waals surface area contributed by atoms with Gasteiger partial charge >= 0.3 is 5.97 Å². The average molecular weight is 755 g/mol. The second kappa shape index (κ2) is 13.9. The SMILES string of the molecule is C[C@@H](Cc1cccc([C@@]2(C)CCCC(C)(C)CS(=O)(=O)CCc3c(c(F)c(F)c4[nH]ccc34)S(=O)c3ccc(F)c(c3)-c3nc2nn3C)c1)C(=O)O. The zero-order chi connectivity index (χ0) is 37.7. The topological polar surface area (TPSA) is 135 Å². The predicted molar refractivity (Wildman–Crippen MR) is 193 cm³/mol. The van der Waals surface area contributed by atoms with E-state index in [-0.39, 0.29) is 44.9 Å². The molecule has 52 heavy (non-hydrogen) atoms. The molecule has 0 aliphatic carbocycles. The van der Waals surface area contributed by atoms with Gasteiger partial charge in [0, 0.05) is 23.5 Å². The number of hydrogen-bond donors (Lipinski definition) is 2. The third kappa shape index (κ3) is 7.19. The second-order valence-corrected chi connectivity index (χ2v) is 18.4. The van der Waals surface area contributed by atoms with Gasteiger partial charge in [-0.25, -0.2) is 35.5 Å². The van der Waals surface area contributed by atoms with Gasteiger partial charge < -0.3 is 10.1 Å². The van der Waals surface area contributed by atoms with Gasteiger partial charge in [-0.05, 0) is 79.0 Å². The summed E-state index contributed by atoms with van der Waals surface area (Å²) in [6.07, 6.45) is 3.01. The number of benzene rings is 3. The van der Waals surface area contributed by atoms with E-state index in [4.69, 9.17) is 10.1 Å². The first-order valence-electron chi connectivity index (χ1n) is 17.0. The molecule has 1 aliphatic heterocycles. The maximum absolute atomic E-state index is 15.9. The van der Waals surface area contributed by atoms with Crippen molar-refractivity contribution in [2.45, 2.75) is 75.0 Å². The monoisotopic (exact) mass is 754 g/mol.